The molecule has 18 heteroatoms. The summed E-state index contributed by atoms with van der Waals surface area (Å²) in [4.78, 5) is 36.1. The molecule has 0 bridgehead atoms. The number of hydrogen-bond acceptors (Lipinski definition) is 13. The summed E-state index contributed by atoms with van der Waals surface area (Å²) < 4.78 is 36.8. The van der Waals surface area contributed by atoms with Gasteiger partial charge in [0.05, 0.1) is 26.1 Å². The molecule has 1 saturated heterocycles. The summed E-state index contributed by atoms with van der Waals surface area (Å²) >= 11 is 0. The van der Waals surface area contributed by atoms with Crippen LogP contribution in [-0.4, -0.2) is 96.5 Å². The number of ether oxygens (including phenoxy) is 3. The van der Waals surface area contributed by atoms with Crippen molar-refractivity contribution in [3.8, 4) is 5.88 Å². The highest BCUT2D eigenvalue weighted by molar-refractivity contribution is 7.54. The number of aromatic nitrogens is 4. The summed E-state index contributed by atoms with van der Waals surface area (Å²) in [6.45, 7) is 6.84. The minimum Gasteiger partial charge on any atom is -0.480 e. The number of nitrogens with zero attached hydrogens (tertiary/aromatic N) is 4. The van der Waals surface area contributed by atoms with Gasteiger partial charge in [-0.3, -0.25) is 18.7 Å². The maximum absolute atomic E-state index is 13.6. The number of nitrogens with one attached hydrogen (secondary N) is 2. The Kier molecular flexibility index (Phi) is 9.72. The normalized spacial score (nSPS) is 26.6. The van der Waals surface area contributed by atoms with Gasteiger partial charge in [-0.15, -0.1) is 0 Å². The largest absolute Gasteiger partial charge is 0.480 e. The fraction of sp³-hybridized carbons (Fsp3) is 0.682. The first-order valence-electron chi connectivity index (χ1n) is 12.5. The van der Waals surface area contributed by atoms with Crippen LogP contribution in [0.25, 0.3) is 11.2 Å². The highest BCUT2D eigenvalue weighted by atomic mass is 31.2. The summed E-state index contributed by atoms with van der Waals surface area (Å²) in [6.07, 6.45) is -2.65. The number of methoxy groups -OCH3 is 1. The zero-order valence-corrected chi connectivity index (χ0v) is 23.9. The molecule has 0 spiro atoms. The van der Waals surface area contributed by atoms with Crippen molar-refractivity contribution in [3.05, 3.63) is 6.33 Å². The van der Waals surface area contributed by atoms with Gasteiger partial charge in [0.25, 0.3) is 0 Å². The highest BCUT2D eigenvalue weighted by Gasteiger charge is 2.54. The average Bonchev–Trinajstić information content (AvgIpc) is 3.39. The number of anilines is 1. The third-order valence-corrected chi connectivity index (χ3v) is 8.34. The molecule has 1 fully saturated rings. The van der Waals surface area contributed by atoms with Crippen molar-refractivity contribution < 1.29 is 48.2 Å². The van der Waals surface area contributed by atoms with Gasteiger partial charge in [0.15, 0.2) is 17.4 Å². The number of carboxylic acids is 1. The number of nitrogens with two attached hydrogens (primary N) is 1. The van der Waals surface area contributed by atoms with Crippen LogP contribution in [0.15, 0.2) is 6.33 Å². The molecule has 0 amide bonds. The van der Waals surface area contributed by atoms with Gasteiger partial charge >= 0.3 is 19.6 Å². The van der Waals surface area contributed by atoms with E-state index >= 15 is 0 Å². The summed E-state index contributed by atoms with van der Waals surface area (Å²) in [7, 11) is -2.90. The molecular formula is C22H36N7O10P. The third kappa shape index (κ3) is 6.68. The van der Waals surface area contributed by atoms with E-state index < -0.39 is 68.4 Å². The van der Waals surface area contributed by atoms with E-state index in [1.165, 1.54) is 38.8 Å². The van der Waals surface area contributed by atoms with Gasteiger partial charge < -0.3 is 39.8 Å². The average molecular weight is 590 g/mol. The van der Waals surface area contributed by atoms with Gasteiger partial charge in [-0.05, 0) is 34.1 Å². The molecule has 2 aromatic rings. The number of carbonyl (C=O) groups is 2. The summed E-state index contributed by atoms with van der Waals surface area (Å²) in [5, 5.41) is 36.2. The molecule has 1 aliphatic heterocycles. The van der Waals surface area contributed by atoms with E-state index in [2.05, 4.69) is 25.1 Å². The molecule has 0 saturated carbocycles. The van der Waals surface area contributed by atoms with Crippen LogP contribution in [0.1, 0.15) is 47.3 Å². The molecule has 2 aromatic heterocycles. The monoisotopic (exact) mass is 589 g/mol. The Hall–Kier alpha value is -2.92. The number of hydrogen-bond donors (Lipinski definition) is 6. The molecule has 3 heterocycles. The molecule has 8 atom stereocenters. The van der Waals surface area contributed by atoms with Crippen molar-refractivity contribution in [3.63, 3.8) is 0 Å². The summed E-state index contributed by atoms with van der Waals surface area (Å²) in [5.41, 5.74) is 4.22. The first-order chi connectivity index (χ1) is 18.6. The number of aliphatic carboxylic acids is 1. The minimum atomic E-state index is -4.28. The molecule has 7 N–H and O–H groups in total. The lowest BCUT2D eigenvalue weighted by Gasteiger charge is -2.28. The lowest BCUT2D eigenvalue weighted by molar-refractivity contribution is -0.150. The van der Waals surface area contributed by atoms with Gasteiger partial charge in [0, 0.05) is 0 Å². The zero-order chi connectivity index (χ0) is 30.0. The molecule has 40 heavy (non-hydrogen) atoms. The highest BCUT2D eigenvalue weighted by Crippen LogP contribution is 2.44. The third-order valence-electron chi connectivity index (χ3n) is 6.37. The SMILES string of the molecule is CCC(C)OC(=O)[C@H](C)NP(=O)(N[C@@H](C)C(=O)O)OC[C@H]1O[C@@H](n2cnc3c(OC)nc(N)nc32)[C@](C)(O)[C@@H]1O. The Bertz CT molecular complexity index is 1270. The van der Waals surface area contributed by atoms with E-state index in [1.54, 1.807) is 6.92 Å². The first kappa shape index (κ1) is 31.6. The first-order valence-corrected chi connectivity index (χ1v) is 14.1. The Labute approximate surface area is 229 Å². The van der Waals surface area contributed by atoms with E-state index in [4.69, 9.17) is 24.5 Å². The molecule has 17 nitrogen and oxygen atoms in total. The molecule has 3 rings (SSSR count). The van der Waals surface area contributed by atoms with Crippen LogP contribution < -0.4 is 20.6 Å². The molecule has 1 aliphatic rings. The van der Waals surface area contributed by atoms with Gasteiger partial charge in [-0.2, -0.15) is 9.97 Å². The predicted octanol–water partition coefficient (Wildman–Crippen LogP) is -0.0664. The van der Waals surface area contributed by atoms with E-state index in [0.29, 0.717) is 6.42 Å². The zero-order valence-electron chi connectivity index (χ0n) is 23.0. The van der Waals surface area contributed by atoms with E-state index in [-0.39, 0.29) is 23.0 Å². The molecular weight excluding hydrogens is 553 g/mol. The Balaban J connectivity index is 1.83. The number of aliphatic hydroxyl groups excluding tert-OH is 1. The molecule has 0 radical (unpaired) electrons. The van der Waals surface area contributed by atoms with Crippen molar-refractivity contribution in [1.29, 1.82) is 0 Å². The quantitative estimate of drug-likeness (QED) is 0.132. The van der Waals surface area contributed by atoms with Gasteiger partial charge in [-0.25, -0.2) is 15.2 Å². The van der Waals surface area contributed by atoms with Crippen LogP contribution in [0.4, 0.5) is 5.95 Å². The number of carboxylic acid groups (broad SMARTS) is 1. The number of aliphatic hydroxyl groups is 2. The fourth-order valence-electron chi connectivity index (χ4n) is 3.89. The lowest BCUT2D eigenvalue weighted by Crippen LogP contribution is -2.45. The Morgan fingerprint density at radius 1 is 1.27 bits per heavy atom. The van der Waals surface area contributed by atoms with Gasteiger partial charge in [-0.1, -0.05) is 6.92 Å². The lowest BCUT2D eigenvalue weighted by atomic mass is 9.96. The van der Waals surface area contributed by atoms with E-state index in [1.807, 2.05) is 6.92 Å². The topological polar surface area (TPSA) is 242 Å². The van der Waals surface area contributed by atoms with Crippen molar-refractivity contribution >= 4 is 36.7 Å². The Morgan fingerprint density at radius 2 is 1.93 bits per heavy atom. The number of rotatable bonds is 13. The van der Waals surface area contributed by atoms with Gasteiger partial charge in [0.2, 0.25) is 11.8 Å². The second-order valence-corrected chi connectivity index (χ2v) is 11.5. The van der Waals surface area contributed by atoms with Crippen LogP contribution in [0.2, 0.25) is 0 Å². The fourth-order valence-corrected chi connectivity index (χ4v) is 5.71. The smallest absolute Gasteiger partial charge is 0.342 e. The molecule has 2 unspecified atom stereocenters. The maximum Gasteiger partial charge on any atom is 0.342 e. The van der Waals surface area contributed by atoms with Crippen LogP contribution >= 0.6 is 7.67 Å². The van der Waals surface area contributed by atoms with Crippen LogP contribution in [0.5, 0.6) is 5.88 Å². The number of carbonyl (C=O) groups excluding carboxylic acids is 1. The second-order valence-electron chi connectivity index (χ2n) is 9.66. The standard InChI is InChI=1S/C22H36N7O10P/c1-7-10(2)38-19(33)12(4)28-40(35,27-11(3)18(31)32)37-8-13-15(30)22(5,34)20(39-13)29-9-24-14-16(29)25-21(23)26-17(14)36-6/h9-13,15,20,30,34H,7-8H2,1-6H3,(H,31,32)(H2,23,25,26)(H2,27,28,35)/t10?,11-,12-,13+,15+,20+,22+,40?/m0/s1. The van der Waals surface area contributed by atoms with Crippen LogP contribution in [0, 0.1) is 0 Å². The van der Waals surface area contributed by atoms with Crippen molar-refractivity contribution in [2.45, 2.75) is 83.3 Å². The number of imidazole rings is 1. The summed E-state index contributed by atoms with van der Waals surface area (Å²) in [6, 6.07) is -2.50. The van der Waals surface area contributed by atoms with Gasteiger partial charge in [0.1, 0.15) is 29.9 Å². The van der Waals surface area contributed by atoms with Crippen molar-refractivity contribution in [2.24, 2.45) is 0 Å². The number of fused-ring (bicyclic) bond motifs is 1. The number of nitrogen functional groups attached to an aromatic ring is 1. The molecule has 0 aromatic carbocycles. The molecule has 224 valence electrons. The van der Waals surface area contributed by atoms with E-state index in [0.717, 1.165) is 0 Å². The number of esters is 1. The van der Waals surface area contributed by atoms with Crippen molar-refractivity contribution in [1.82, 2.24) is 29.7 Å². The van der Waals surface area contributed by atoms with Crippen LogP contribution in [-0.2, 0) is 28.2 Å². The maximum atomic E-state index is 13.6. The van der Waals surface area contributed by atoms with Crippen molar-refractivity contribution in [2.75, 3.05) is 19.5 Å². The predicted molar refractivity (Wildman–Crippen MR) is 139 cm³/mol. The Morgan fingerprint density at radius 3 is 2.52 bits per heavy atom. The summed E-state index contributed by atoms with van der Waals surface area (Å²) in [5.74, 6) is -2.10. The molecule has 0 aliphatic carbocycles. The minimum absolute atomic E-state index is 0.0888. The van der Waals surface area contributed by atoms with E-state index in [9.17, 15) is 29.5 Å². The second kappa shape index (κ2) is 12.3. The van der Waals surface area contributed by atoms with Crippen LogP contribution in [0.3, 0.4) is 0 Å².